The highest BCUT2D eigenvalue weighted by Gasteiger charge is 2.29. The van der Waals surface area contributed by atoms with Gasteiger partial charge in [0.1, 0.15) is 0 Å². The Hall–Kier alpha value is -1.36. The van der Waals surface area contributed by atoms with Crippen LogP contribution >= 0.6 is 0 Å². The molecule has 1 aliphatic rings. The van der Waals surface area contributed by atoms with E-state index < -0.39 is 5.97 Å². The molecule has 1 aromatic heterocycles. The summed E-state index contributed by atoms with van der Waals surface area (Å²) in [7, 11) is 0. The Labute approximate surface area is 87.7 Å². The molecular weight excluding hydrogens is 196 g/mol. The van der Waals surface area contributed by atoms with E-state index in [1.165, 1.54) is 0 Å². The van der Waals surface area contributed by atoms with Crippen LogP contribution in [-0.4, -0.2) is 33.8 Å². The first-order valence-corrected chi connectivity index (χ1v) is 4.97. The number of nitrogens with zero attached hydrogens (tertiary/aromatic N) is 2. The summed E-state index contributed by atoms with van der Waals surface area (Å²) in [6, 6.07) is 0. The smallest absolute Gasteiger partial charge is 0.356 e. The average molecular weight is 210 g/mol. The summed E-state index contributed by atoms with van der Waals surface area (Å²) in [6.45, 7) is 3.54. The van der Waals surface area contributed by atoms with Gasteiger partial charge in [0.05, 0.1) is 6.33 Å². The Balaban J connectivity index is 2.23. The third-order valence-electron chi connectivity index (χ3n) is 3.00. The highest BCUT2D eigenvalue weighted by atomic mass is 16.5. The number of aromatic carboxylic acids is 1. The summed E-state index contributed by atoms with van der Waals surface area (Å²) in [4.78, 5) is 14.6. The Morgan fingerprint density at radius 3 is 2.80 bits per heavy atom. The number of carbonyl (C=O) groups is 1. The van der Waals surface area contributed by atoms with E-state index >= 15 is 0 Å². The highest BCUT2D eigenvalue weighted by Crippen LogP contribution is 2.28. The van der Waals surface area contributed by atoms with Crippen LogP contribution in [0.15, 0.2) is 12.5 Å². The molecule has 0 radical (unpaired) electrons. The SMILES string of the molecule is CC1(n2cnc(C(=O)O)c2)CCOCC1. The molecule has 5 nitrogen and oxygen atoms in total. The summed E-state index contributed by atoms with van der Waals surface area (Å²) in [5.74, 6) is -0.982. The Morgan fingerprint density at radius 2 is 2.27 bits per heavy atom. The van der Waals surface area contributed by atoms with Crippen LogP contribution in [0, 0.1) is 0 Å². The minimum Gasteiger partial charge on any atom is -0.476 e. The number of carboxylic acids is 1. The fourth-order valence-electron chi connectivity index (χ4n) is 1.80. The molecule has 0 aliphatic carbocycles. The van der Waals surface area contributed by atoms with Crippen LogP contribution in [0.5, 0.6) is 0 Å². The van der Waals surface area contributed by atoms with Gasteiger partial charge in [-0.05, 0) is 19.8 Å². The predicted molar refractivity (Wildman–Crippen MR) is 52.9 cm³/mol. The maximum atomic E-state index is 10.7. The van der Waals surface area contributed by atoms with Gasteiger partial charge in [-0.3, -0.25) is 0 Å². The second kappa shape index (κ2) is 3.66. The number of imidazole rings is 1. The monoisotopic (exact) mass is 210 g/mol. The number of hydrogen-bond acceptors (Lipinski definition) is 3. The van der Waals surface area contributed by atoms with Crippen molar-refractivity contribution in [3.8, 4) is 0 Å². The largest absolute Gasteiger partial charge is 0.476 e. The lowest BCUT2D eigenvalue weighted by atomic mass is 9.92. The molecule has 0 saturated carbocycles. The fourth-order valence-corrected chi connectivity index (χ4v) is 1.80. The van der Waals surface area contributed by atoms with Crippen molar-refractivity contribution in [2.45, 2.75) is 25.3 Å². The van der Waals surface area contributed by atoms with Gasteiger partial charge in [0, 0.05) is 24.9 Å². The van der Waals surface area contributed by atoms with E-state index in [0.717, 1.165) is 26.1 Å². The van der Waals surface area contributed by atoms with Crippen LogP contribution in [0.4, 0.5) is 0 Å². The third-order valence-corrected chi connectivity index (χ3v) is 3.00. The van der Waals surface area contributed by atoms with Gasteiger partial charge in [0.15, 0.2) is 5.69 Å². The highest BCUT2D eigenvalue weighted by molar-refractivity contribution is 5.84. The van der Waals surface area contributed by atoms with E-state index in [0.29, 0.717) is 0 Å². The quantitative estimate of drug-likeness (QED) is 0.794. The Kier molecular flexibility index (Phi) is 2.48. The van der Waals surface area contributed by atoms with Crippen molar-refractivity contribution in [1.29, 1.82) is 0 Å². The van der Waals surface area contributed by atoms with Gasteiger partial charge in [-0.15, -0.1) is 0 Å². The van der Waals surface area contributed by atoms with Crippen molar-refractivity contribution >= 4 is 5.97 Å². The summed E-state index contributed by atoms with van der Waals surface area (Å²) < 4.78 is 7.18. The molecule has 1 fully saturated rings. The summed E-state index contributed by atoms with van der Waals surface area (Å²) in [5, 5.41) is 8.78. The van der Waals surface area contributed by atoms with E-state index in [4.69, 9.17) is 9.84 Å². The van der Waals surface area contributed by atoms with Crippen molar-refractivity contribution in [1.82, 2.24) is 9.55 Å². The molecule has 1 aliphatic heterocycles. The molecule has 2 heterocycles. The van der Waals surface area contributed by atoms with Gasteiger partial charge in [-0.1, -0.05) is 0 Å². The van der Waals surface area contributed by atoms with E-state index in [1.54, 1.807) is 12.5 Å². The van der Waals surface area contributed by atoms with Crippen LogP contribution in [0.3, 0.4) is 0 Å². The zero-order valence-electron chi connectivity index (χ0n) is 8.64. The third kappa shape index (κ3) is 1.87. The van der Waals surface area contributed by atoms with Crippen molar-refractivity contribution in [3.63, 3.8) is 0 Å². The van der Waals surface area contributed by atoms with Crippen LogP contribution in [0.1, 0.15) is 30.3 Å². The second-order valence-electron chi connectivity index (χ2n) is 4.08. The number of carboxylic acid groups (broad SMARTS) is 1. The lowest BCUT2D eigenvalue weighted by molar-refractivity contribution is 0.0294. The maximum Gasteiger partial charge on any atom is 0.356 e. The number of ether oxygens (including phenoxy) is 1. The van der Waals surface area contributed by atoms with E-state index in [1.807, 2.05) is 4.57 Å². The van der Waals surface area contributed by atoms with Gasteiger partial charge >= 0.3 is 5.97 Å². The first-order chi connectivity index (χ1) is 7.12. The Morgan fingerprint density at radius 1 is 1.60 bits per heavy atom. The lowest BCUT2D eigenvalue weighted by Crippen LogP contribution is -2.35. The van der Waals surface area contributed by atoms with Crippen molar-refractivity contribution < 1.29 is 14.6 Å². The fraction of sp³-hybridized carbons (Fsp3) is 0.600. The number of rotatable bonds is 2. The molecular formula is C10H14N2O3. The molecule has 82 valence electrons. The molecule has 1 saturated heterocycles. The molecule has 0 atom stereocenters. The molecule has 0 aromatic carbocycles. The van der Waals surface area contributed by atoms with E-state index in [2.05, 4.69) is 11.9 Å². The van der Waals surface area contributed by atoms with Gasteiger partial charge < -0.3 is 14.4 Å². The van der Waals surface area contributed by atoms with E-state index in [-0.39, 0.29) is 11.2 Å². The second-order valence-corrected chi connectivity index (χ2v) is 4.08. The van der Waals surface area contributed by atoms with Gasteiger partial charge in [0.25, 0.3) is 0 Å². The summed E-state index contributed by atoms with van der Waals surface area (Å²) >= 11 is 0. The number of hydrogen-bond donors (Lipinski definition) is 1. The van der Waals surface area contributed by atoms with E-state index in [9.17, 15) is 4.79 Å². The molecule has 0 bridgehead atoms. The van der Waals surface area contributed by atoms with Crippen LogP contribution in [-0.2, 0) is 10.3 Å². The molecule has 0 amide bonds. The van der Waals surface area contributed by atoms with Gasteiger partial charge in [-0.2, -0.15) is 0 Å². The van der Waals surface area contributed by atoms with Crippen molar-refractivity contribution in [3.05, 3.63) is 18.2 Å². The molecule has 1 aromatic rings. The topological polar surface area (TPSA) is 64.4 Å². The maximum absolute atomic E-state index is 10.7. The molecule has 5 heteroatoms. The molecule has 0 spiro atoms. The standard InChI is InChI=1S/C10H14N2O3/c1-10(2-4-15-5-3-10)12-6-8(9(13)14)11-7-12/h6-7H,2-5H2,1H3,(H,13,14). The normalized spacial score (nSPS) is 20.1. The average Bonchev–Trinajstić information content (AvgIpc) is 2.68. The van der Waals surface area contributed by atoms with Crippen LogP contribution < -0.4 is 0 Å². The first kappa shape index (κ1) is 10.2. The van der Waals surface area contributed by atoms with Gasteiger partial charge in [-0.25, -0.2) is 9.78 Å². The molecule has 15 heavy (non-hydrogen) atoms. The zero-order valence-corrected chi connectivity index (χ0v) is 8.64. The van der Waals surface area contributed by atoms with Crippen molar-refractivity contribution in [2.24, 2.45) is 0 Å². The van der Waals surface area contributed by atoms with Crippen LogP contribution in [0.2, 0.25) is 0 Å². The Bertz CT molecular complexity index is 366. The molecule has 1 N–H and O–H groups in total. The lowest BCUT2D eigenvalue weighted by Gasteiger charge is -2.34. The van der Waals surface area contributed by atoms with Crippen molar-refractivity contribution in [2.75, 3.05) is 13.2 Å². The minimum absolute atomic E-state index is 0.0566. The summed E-state index contributed by atoms with van der Waals surface area (Å²) in [6.07, 6.45) is 4.97. The molecule has 2 rings (SSSR count). The predicted octanol–water partition coefficient (Wildman–Crippen LogP) is 1.11. The van der Waals surface area contributed by atoms with Gasteiger partial charge in [0.2, 0.25) is 0 Å². The first-order valence-electron chi connectivity index (χ1n) is 4.97. The zero-order chi connectivity index (χ0) is 10.9. The number of aromatic nitrogens is 2. The summed E-state index contributed by atoms with van der Waals surface area (Å²) in [5.41, 5.74) is 0.0431. The molecule has 0 unspecified atom stereocenters. The van der Waals surface area contributed by atoms with Crippen LogP contribution in [0.25, 0.3) is 0 Å². The minimum atomic E-state index is -0.982.